The zero-order chi connectivity index (χ0) is 21.3. The quantitative estimate of drug-likeness (QED) is 0.610. The molecule has 0 saturated heterocycles. The van der Waals surface area contributed by atoms with Crippen molar-refractivity contribution in [1.82, 2.24) is 4.98 Å². The molecular weight excluding hydrogens is 439 g/mol. The smallest absolute Gasteiger partial charge is 0.387 e. The van der Waals surface area contributed by atoms with E-state index < -0.39 is 12.5 Å². The molecule has 1 aliphatic heterocycles. The highest BCUT2D eigenvalue weighted by atomic mass is 35.5. The number of nitrogens with zero attached hydrogens (tertiary/aromatic N) is 1. The van der Waals surface area contributed by atoms with Crippen molar-refractivity contribution in [3.05, 3.63) is 40.1 Å². The highest BCUT2D eigenvalue weighted by molar-refractivity contribution is 6.39. The second kappa shape index (κ2) is 8.81. The summed E-state index contributed by atoms with van der Waals surface area (Å²) < 4.78 is 36.5. The van der Waals surface area contributed by atoms with E-state index in [9.17, 15) is 13.6 Å². The van der Waals surface area contributed by atoms with Crippen LogP contribution in [0.25, 0.3) is 0 Å². The van der Waals surface area contributed by atoms with Gasteiger partial charge in [0.25, 0.3) is 5.91 Å². The van der Waals surface area contributed by atoms with Crippen LogP contribution in [0.5, 0.6) is 11.5 Å². The number of alkyl halides is 2. The van der Waals surface area contributed by atoms with E-state index in [-0.39, 0.29) is 38.9 Å². The molecule has 1 amide bonds. The number of pyridine rings is 1. The first-order chi connectivity index (χ1) is 14.4. The molecule has 0 radical (unpaired) electrons. The lowest BCUT2D eigenvalue weighted by Crippen LogP contribution is -2.37. The Kier molecular flexibility index (Phi) is 6.15. The van der Waals surface area contributed by atoms with Crippen molar-refractivity contribution in [1.29, 1.82) is 0 Å². The number of benzene rings is 1. The molecule has 0 unspecified atom stereocenters. The summed E-state index contributed by atoms with van der Waals surface area (Å²) in [6.45, 7) is -2.55. The number of halogens is 4. The third kappa shape index (κ3) is 4.25. The van der Waals surface area contributed by atoms with Crippen LogP contribution >= 0.6 is 23.2 Å². The lowest BCUT2D eigenvalue weighted by atomic mass is 9.98. The zero-order valence-electron chi connectivity index (χ0n) is 15.8. The largest absolute Gasteiger partial charge is 0.482 e. The van der Waals surface area contributed by atoms with Crippen LogP contribution in [0.1, 0.15) is 36.0 Å². The van der Waals surface area contributed by atoms with Gasteiger partial charge in [0.05, 0.1) is 33.5 Å². The number of carbonyl (C=O) groups is 1. The molecule has 2 N–H and O–H groups in total. The number of ether oxygens (including phenoxy) is 2. The number of fused-ring (bicyclic) bond motifs is 1. The third-order valence-corrected chi connectivity index (χ3v) is 5.92. The van der Waals surface area contributed by atoms with Gasteiger partial charge in [-0.15, -0.1) is 0 Å². The fourth-order valence-electron chi connectivity index (χ4n) is 3.93. The van der Waals surface area contributed by atoms with Gasteiger partial charge < -0.3 is 20.1 Å². The van der Waals surface area contributed by atoms with Crippen LogP contribution in [0.4, 0.5) is 20.2 Å². The van der Waals surface area contributed by atoms with Crippen LogP contribution in [-0.2, 0) is 0 Å². The van der Waals surface area contributed by atoms with Crippen LogP contribution in [-0.4, -0.2) is 30.2 Å². The molecule has 2 aromatic rings. The molecule has 10 heteroatoms. The van der Waals surface area contributed by atoms with Crippen molar-refractivity contribution < 1.29 is 23.0 Å². The maximum Gasteiger partial charge on any atom is 0.387 e. The maximum atomic E-state index is 12.9. The second-order valence-electron chi connectivity index (χ2n) is 7.21. The third-order valence-electron chi connectivity index (χ3n) is 5.35. The Hall–Kier alpha value is -2.32. The van der Waals surface area contributed by atoms with Crippen molar-refractivity contribution in [2.45, 2.75) is 38.4 Å². The summed E-state index contributed by atoms with van der Waals surface area (Å²) in [7, 11) is 0. The number of aromatic nitrogens is 1. The van der Waals surface area contributed by atoms with Gasteiger partial charge in [-0.1, -0.05) is 36.0 Å². The van der Waals surface area contributed by atoms with Crippen molar-refractivity contribution in [2.24, 2.45) is 5.92 Å². The van der Waals surface area contributed by atoms with E-state index in [1.54, 1.807) is 0 Å². The number of nitrogens with one attached hydrogen (secondary N) is 2. The van der Waals surface area contributed by atoms with E-state index in [0.717, 1.165) is 25.7 Å². The summed E-state index contributed by atoms with van der Waals surface area (Å²) >= 11 is 12.1. The standard InChI is InChI=1S/C20H19Cl2F2N3O3/c21-12-7-25-8-13(22)17(12)27-19(28)11-5-6-14(30-20(23)24)18-16(11)26-9-15(29-18)10-3-1-2-4-10/h5-8,10,15,20,26H,1-4,9H2,(H,25,27,28)/t15-/m0/s1. The molecule has 4 rings (SSSR count). The molecule has 2 heterocycles. The molecule has 1 saturated carbocycles. The Bertz CT molecular complexity index is 935. The van der Waals surface area contributed by atoms with Crippen molar-refractivity contribution >= 4 is 40.5 Å². The summed E-state index contributed by atoms with van der Waals surface area (Å²) in [6.07, 6.45) is 6.80. The highest BCUT2D eigenvalue weighted by Crippen LogP contribution is 2.44. The first-order valence-electron chi connectivity index (χ1n) is 9.56. The van der Waals surface area contributed by atoms with Crippen molar-refractivity contribution in [2.75, 3.05) is 17.2 Å². The fourth-order valence-corrected chi connectivity index (χ4v) is 4.39. The summed E-state index contributed by atoms with van der Waals surface area (Å²) in [5.74, 6) is -0.207. The molecule has 6 nitrogen and oxygen atoms in total. The number of hydrogen-bond acceptors (Lipinski definition) is 5. The molecule has 1 atom stereocenters. The molecule has 0 bridgehead atoms. The Morgan fingerprint density at radius 3 is 2.60 bits per heavy atom. The van der Waals surface area contributed by atoms with Gasteiger partial charge in [0.15, 0.2) is 11.5 Å². The van der Waals surface area contributed by atoms with Crippen LogP contribution in [0, 0.1) is 5.92 Å². The van der Waals surface area contributed by atoms with Gasteiger partial charge in [0.1, 0.15) is 6.10 Å². The Balaban J connectivity index is 1.66. The molecule has 160 valence electrons. The minimum atomic E-state index is -3.02. The zero-order valence-corrected chi connectivity index (χ0v) is 17.3. The SMILES string of the molecule is O=C(Nc1c(Cl)cncc1Cl)c1ccc(OC(F)F)c2c1NC[C@@H](C1CCCC1)O2. The monoisotopic (exact) mass is 457 g/mol. The molecule has 1 aromatic heterocycles. The topological polar surface area (TPSA) is 72.5 Å². The lowest BCUT2D eigenvalue weighted by molar-refractivity contribution is -0.0524. The van der Waals surface area contributed by atoms with Gasteiger partial charge >= 0.3 is 6.61 Å². The van der Waals surface area contributed by atoms with Gasteiger partial charge in [-0.2, -0.15) is 8.78 Å². The average Bonchev–Trinajstić information content (AvgIpc) is 3.25. The molecule has 2 aliphatic rings. The van der Waals surface area contributed by atoms with E-state index in [1.165, 1.54) is 24.5 Å². The summed E-state index contributed by atoms with van der Waals surface area (Å²) in [5, 5.41) is 6.17. The van der Waals surface area contributed by atoms with Crippen molar-refractivity contribution in [3.8, 4) is 11.5 Å². The van der Waals surface area contributed by atoms with Crippen LogP contribution < -0.4 is 20.1 Å². The Morgan fingerprint density at radius 2 is 1.93 bits per heavy atom. The summed E-state index contributed by atoms with van der Waals surface area (Å²) in [4.78, 5) is 16.8. The Labute approximate surface area is 181 Å². The molecule has 1 aromatic carbocycles. The predicted molar refractivity (Wildman–Crippen MR) is 110 cm³/mol. The van der Waals surface area contributed by atoms with Crippen LogP contribution in [0.3, 0.4) is 0 Å². The number of hydrogen-bond donors (Lipinski definition) is 2. The van der Waals surface area contributed by atoms with Gasteiger partial charge in [0, 0.05) is 12.4 Å². The normalized spacial score (nSPS) is 18.5. The van der Waals surface area contributed by atoms with Gasteiger partial charge in [-0.3, -0.25) is 9.78 Å². The number of carbonyl (C=O) groups excluding carboxylic acids is 1. The van der Waals surface area contributed by atoms with Crippen LogP contribution in [0.15, 0.2) is 24.5 Å². The van der Waals surface area contributed by atoms with Gasteiger partial charge in [-0.05, 0) is 30.9 Å². The van der Waals surface area contributed by atoms with E-state index in [0.29, 0.717) is 18.2 Å². The number of anilines is 2. The molecule has 0 spiro atoms. The second-order valence-corrected chi connectivity index (χ2v) is 8.02. The number of rotatable bonds is 5. The van der Waals surface area contributed by atoms with E-state index in [4.69, 9.17) is 27.9 Å². The first kappa shape index (κ1) is 20.9. The van der Waals surface area contributed by atoms with Crippen molar-refractivity contribution in [3.63, 3.8) is 0 Å². The maximum absolute atomic E-state index is 12.9. The van der Waals surface area contributed by atoms with E-state index in [2.05, 4.69) is 20.4 Å². The summed E-state index contributed by atoms with van der Waals surface area (Å²) in [6, 6.07) is 2.69. The lowest BCUT2D eigenvalue weighted by Gasteiger charge is -2.33. The first-order valence-corrected chi connectivity index (χ1v) is 10.3. The summed E-state index contributed by atoms with van der Waals surface area (Å²) in [5.41, 5.74) is 0.696. The molecule has 1 aliphatic carbocycles. The molecule has 30 heavy (non-hydrogen) atoms. The molecular formula is C20H19Cl2F2N3O3. The van der Waals surface area contributed by atoms with Gasteiger partial charge in [-0.25, -0.2) is 0 Å². The highest BCUT2D eigenvalue weighted by Gasteiger charge is 2.34. The molecule has 1 fully saturated rings. The Morgan fingerprint density at radius 1 is 1.23 bits per heavy atom. The minimum Gasteiger partial charge on any atom is -0.482 e. The predicted octanol–water partition coefficient (Wildman–Crippen LogP) is 5.61. The number of amides is 1. The van der Waals surface area contributed by atoms with E-state index in [1.807, 2.05) is 0 Å². The fraction of sp³-hybridized carbons (Fsp3) is 0.400. The van der Waals surface area contributed by atoms with Gasteiger partial charge in [0.2, 0.25) is 0 Å². The minimum absolute atomic E-state index is 0.109. The van der Waals surface area contributed by atoms with E-state index >= 15 is 0 Å². The average molecular weight is 458 g/mol. The van der Waals surface area contributed by atoms with Crippen LogP contribution in [0.2, 0.25) is 10.0 Å².